The monoisotopic (exact) mass is 371 g/mol. The highest BCUT2D eigenvalue weighted by atomic mass is 16.5. The molecule has 1 N–H and O–H groups in total. The van der Waals surface area contributed by atoms with Gasteiger partial charge in [0.25, 0.3) is 5.91 Å². The van der Waals surface area contributed by atoms with Crippen molar-refractivity contribution in [2.45, 2.75) is 58.0 Å². The molecule has 3 rings (SSSR count). The fourth-order valence-corrected chi connectivity index (χ4v) is 3.13. The van der Waals surface area contributed by atoms with E-state index in [4.69, 9.17) is 14.6 Å². The molecule has 1 amide bonds. The molecule has 146 valence electrons. The van der Waals surface area contributed by atoms with Crippen molar-refractivity contribution in [3.05, 3.63) is 41.2 Å². The van der Waals surface area contributed by atoms with Gasteiger partial charge in [0.2, 0.25) is 0 Å². The molecule has 6 heteroatoms. The number of nitrogens with zero attached hydrogens (tertiary/aromatic N) is 2. The van der Waals surface area contributed by atoms with Gasteiger partial charge in [-0.1, -0.05) is 6.07 Å². The van der Waals surface area contributed by atoms with E-state index in [2.05, 4.69) is 26.1 Å². The molecule has 2 aromatic rings. The molecule has 1 saturated carbocycles. The van der Waals surface area contributed by atoms with Crippen LogP contribution in [-0.4, -0.2) is 29.9 Å². The second-order valence-corrected chi connectivity index (χ2v) is 8.12. The summed E-state index contributed by atoms with van der Waals surface area (Å²) in [6.45, 7) is 8.14. The van der Waals surface area contributed by atoms with Crippen LogP contribution < -0.4 is 14.8 Å². The molecule has 1 unspecified atom stereocenters. The maximum Gasteiger partial charge on any atom is 0.270 e. The van der Waals surface area contributed by atoms with Crippen molar-refractivity contribution >= 4 is 5.91 Å². The lowest BCUT2D eigenvalue weighted by Gasteiger charge is -2.23. The van der Waals surface area contributed by atoms with Gasteiger partial charge in [0.1, 0.15) is 5.69 Å². The van der Waals surface area contributed by atoms with E-state index in [1.54, 1.807) is 14.2 Å². The highest BCUT2D eigenvalue weighted by Gasteiger charge is 2.31. The first kappa shape index (κ1) is 19.3. The van der Waals surface area contributed by atoms with E-state index < -0.39 is 0 Å². The Hall–Kier alpha value is -2.50. The quantitative estimate of drug-likeness (QED) is 0.833. The van der Waals surface area contributed by atoms with Crippen molar-refractivity contribution in [1.29, 1.82) is 0 Å². The summed E-state index contributed by atoms with van der Waals surface area (Å²) in [4.78, 5) is 13.0. The van der Waals surface area contributed by atoms with Crippen molar-refractivity contribution < 1.29 is 14.3 Å². The lowest BCUT2D eigenvalue weighted by Crippen LogP contribution is -2.33. The summed E-state index contributed by atoms with van der Waals surface area (Å²) in [5.74, 6) is 1.70. The number of methoxy groups -OCH3 is 2. The minimum absolute atomic E-state index is 0.119. The van der Waals surface area contributed by atoms with Gasteiger partial charge >= 0.3 is 0 Å². The molecular weight excluding hydrogens is 342 g/mol. The summed E-state index contributed by atoms with van der Waals surface area (Å²) >= 11 is 0. The van der Waals surface area contributed by atoms with E-state index in [0.717, 1.165) is 24.1 Å². The first-order chi connectivity index (χ1) is 12.7. The van der Waals surface area contributed by atoms with Crippen LogP contribution in [0.1, 0.15) is 74.2 Å². The number of hydrogen-bond donors (Lipinski definition) is 1. The maximum atomic E-state index is 13.0. The predicted octanol–water partition coefficient (Wildman–Crippen LogP) is 4.02. The Kier molecular flexibility index (Phi) is 5.18. The fourth-order valence-electron chi connectivity index (χ4n) is 3.13. The number of aromatic nitrogens is 2. The standard InChI is InChI=1S/C21H29N3O3/c1-13(15-9-10-18(26-5)19(11-15)27-6)22-20(25)17-12-16(14-7-8-14)23-24(17)21(2,3)4/h9-14H,7-8H2,1-6H3,(H,22,25). The maximum absolute atomic E-state index is 13.0. The largest absolute Gasteiger partial charge is 0.493 e. The van der Waals surface area contributed by atoms with Crippen molar-refractivity contribution in [1.82, 2.24) is 15.1 Å². The lowest BCUT2D eigenvalue weighted by molar-refractivity contribution is 0.0921. The molecule has 1 aliphatic carbocycles. The highest BCUT2D eigenvalue weighted by Crippen LogP contribution is 2.40. The van der Waals surface area contributed by atoms with Gasteiger partial charge in [-0.05, 0) is 64.3 Å². The fraction of sp³-hybridized carbons (Fsp3) is 0.524. The third-order valence-corrected chi connectivity index (χ3v) is 4.85. The average Bonchev–Trinajstić information content (AvgIpc) is 3.37. The molecule has 0 radical (unpaired) electrons. The minimum atomic E-state index is -0.258. The molecule has 0 aliphatic heterocycles. The van der Waals surface area contributed by atoms with Crippen LogP contribution in [0, 0.1) is 0 Å². The van der Waals surface area contributed by atoms with Crippen LogP contribution in [0.15, 0.2) is 24.3 Å². The number of rotatable bonds is 6. The summed E-state index contributed by atoms with van der Waals surface area (Å²) < 4.78 is 12.5. The van der Waals surface area contributed by atoms with Crippen LogP contribution in [0.4, 0.5) is 0 Å². The number of benzene rings is 1. The molecule has 1 aromatic carbocycles. The molecule has 1 aliphatic rings. The van der Waals surface area contributed by atoms with E-state index in [1.165, 1.54) is 0 Å². The Labute approximate surface area is 160 Å². The first-order valence-corrected chi connectivity index (χ1v) is 9.37. The third-order valence-electron chi connectivity index (χ3n) is 4.85. The van der Waals surface area contributed by atoms with Gasteiger partial charge in [-0.25, -0.2) is 0 Å². The zero-order valence-corrected chi connectivity index (χ0v) is 17.0. The van der Waals surface area contributed by atoms with Crippen LogP contribution in [0.5, 0.6) is 11.5 Å². The molecule has 6 nitrogen and oxygen atoms in total. The zero-order chi connectivity index (χ0) is 19.8. The van der Waals surface area contributed by atoms with Gasteiger partial charge in [-0.2, -0.15) is 5.10 Å². The SMILES string of the molecule is COc1ccc(C(C)NC(=O)c2cc(C3CC3)nn2C(C)(C)C)cc1OC. The number of carbonyl (C=O) groups excluding carboxylic acids is 1. The Morgan fingerprint density at radius 3 is 2.41 bits per heavy atom. The van der Waals surface area contributed by atoms with Crippen LogP contribution in [0.25, 0.3) is 0 Å². The van der Waals surface area contributed by atoms with Crippen LogP contribution in [0.2, 0.25) is 0 Å². The van der Waals surface area contributed by atoms with Crippen molar-refractivity contribution in [3.63, 3.8) is 0 Å². The van der Waals surface area contributed by atoms with E-state index in [9.17, 15) is 4.79 Å². The third kappa shape index (κ3) is 4.10. The van der Waals surface area contributed by atoms with E-state index in [1.807, 2.05) is 35.9 Å². The van der Waals surface area contributed by atoms with Crippen molar-refractivity contribution in [2.24, 2.45) is 0 Å². The topological polar surface area (TPSA) is 65.4 Å². The summed E-state index contributed by atoms with van der Waals surface area (Å²) in [6.07, 6.45) is 2.31. The Morgan fingerprint density at radius 1 is 1.19 bits per heavy atom. The molecule has 1 fully saturated rings. The molecule has 27 heavy (non-hydrogen) atoms. The first-order valence-electron chi connectivity index (χ1n) is 9.37. The van der Waals surface area contributed by atoms with Crippen LogP contribution >= 0.6 is 0 Å². The summed E-state index contributed by atoms with van der Waals surface area (Å²) in [6, 6.07) is 7.44. The highest BCUT2D eigenvalue weighted by molar-refractivity contribution is 5.93. The van der Waals surface area contributed by atoms with Crippen LogP contribution in [-0.2, 0) is 5.54 Å². The molecule has 0 saturated heterocycles. The Balaban J connectivity index is 1.83. The van der Waals surface area contributed by atoms with Gasteiger partial charge < -0.3 is 14.8 Å². The lowest BCUT2D eigenvalue weighted by atomic mass is 10.1. The predicted molar refractivity (Wildman–Crippen MR) is 105 cm³/mol. The summed E-state index contributed by atoms with van der Waals surface area (Å²) in [7, 11) is 3.21. The summed E-state index contributed by atoms with van der Waals surface area (Å²) in [5, 5.41) is 7.80. The number of nitrogens with one attached hydrogen (secondary N) is 1. The van der Waals surface area contributed by atoms with Gasteiger partial charge in [0.15, 0.2) is 11.5 Å². The molecule has 1 atom stereocenters. The van der Waals surface area contributed by atoms with Gasteiger partial charge in [0, 0.05) is 5.92 Å². The average molecular weight is 371 g/mol. The molecular formula is C21H29N3O3. The van der Waals surface area contributed by atoms with Crippen molar-refractivity contribution in [2.75, 3.05) is 14.2 Å². The summed E-state index contributed by atoms with van der Waals surface area (Å²) in [5.41, 5.74) is 2.32. The second-order valence-electron chi connectivity index (χ2n) is 8.12. The Bertz CT molecular complexity index is 832. The molecule has 0 spiro atoms. The number of amides is 1. The van der Waals surface area contributed by atoms with E-state index in [-0.39, 0.29) is 17.5 Å². The molecule has 1 aromatic heterocycles. The van der Waals surface area contributed by atoms with E-state index >= 15 is 0 Å². The Morgan fingerprint density at radius 2 is 1.85 bits per heavy atom. The van der Waals surface area contributed by atoms with Crippen molar-refractivity contribution in [3.8, 4) is 11.5 Å². The molecule has 0 bridgehead atoms. The van der Waals surface area contributed by atoms with Gasteiger partial charge in [-0.15, -0.1) is 0 Å². The smallest absolute Gasteiger partial charge is 0.270 e. The second kappa shape index (κ2) is 7.25. The van der Waals surface area contributed by atoms with Gasteiger partial charge in [0.05, 0.1) is 31.5 Å². The normalized spacial score (nSPS) is 15.3. The number of hydrogen-bond acceptors (Lipinski definition) is 4. The minimum Gasteiger partial charge on any atom is -0.493 e. The molecule has 1 heterocycles. The number of carbonyl (C=O) groups is 1. The number of ether oxygens (including phenoxy) is 2. The zero-order valence-electron chi connectivity index (χ0n) is 17.0. The van der Waals surface area contributed by atoms with E-state index in [0.29, 0.717) is 23.1 Å². The van der Waals surface area contributed by atoms with Crippen LogP contribution in [0.3, 0.4) is 0 Å². The van der Waals surface area contributed by atoms with Gasteiger partial charge in [-0.3, -0.25) is 9.48 Å².